The Labute approximate surface area is 301 Å². The summed E-state index contributed by atoms with van der Waals surface area (Å²) in [4.78, 5) is 12.7. The molecule has 0 spiro atoms. The molecule has 244 valence electrons. The second-order valence-corrected chi connectivity index (χ2v) is 13.1. The summed E-state index contributed by atoms with van der Waals surface area (Å²) in [6.45, 7) is 16.5. The average Bonchev–Trinajstić information content (AvgIpc) is 3.62. The number of benzene rings is 5. The molecule has 5 aromatic carbocycles. The van der Waals surface area contributed by atoms with E-state index in [0.29, 0.717) is 17.2 Å². The summed E-state index contributed by atoms with van der Waals surface area (Å²) in [5.74, 6) is 1.79. The van der Waals surface area contributed by atoms with Crippen LogP contribution in [0.4, 0.5) is 22.7 Å². The Bertz CT molecular complexity index is 2390. The molecule has 0 atom stereocenters. The van der Waals surface area contributed by atoms with Gasteiger partial charge in [0.1, 0.15) is 5.82 Å². The van der Waals surface area contributed by atoms with Gasteiger partial charge in [0.2, 0.25) is 0 Å². The van der Waals surface area contributed by atoms with Crippen LogP contribution in [0.1, 0.15) is 26.3 Å². The minimum atomic E-state index is -0.0256. The topological polar surface area (TPSA) is 37.9 Å². The molecule has 0 unspecified atom stereocenters. The van der Waals surface area contributed by atoms with E-state index in [1.807, 2.05) is 61.2 Å². The van der Waals surface area contributed by atoms with E-state index < -0.39 is 0 Å². The van der Waals surface area contributed by atoms with Gasteiger partial charge < -0.3 is 19.1 Å². The summed E-state index contributed by atoms with van der Waals surface area (Å²) in [6.07, 6.45) is 1.87. The SMILES string of the molecule is [C-]#[N+]c1cc(Oc2[c-]c3c(cc2)c2ccccc2n3-c2cc(C(C)(C)C)ccn2)[c-]c(N2[CH-]N(C)c3cc(-c4ccccc4)ccc32)c1.[Pt]. The third kappa shape index (κ3) is 5.85. The number of hydrogen-bond acceptors (Lipinski definition) is 4. The Morgan fingerprint density at radius 2 is 1.57 bits per heavy atom. The van der Waals surface area contributed by atoms with Crippen molar-refractivity contribution in [2.24, 2.45) is 0 Å². The number of aromatic nitrogens is 2. The molecular formula is C42H32N5OPt-3. The van der Waals surface area contributed by atoms with Crippen LogP contribution in [-0.4, -0.2) is 16.6 Å². The Hall–Kier alpha value is -5.37. The van der Waals surface area contributed by atoms with Crippen LogP contribution in [0.25, 0.3) is 43.6 Å². The Morgan fingerprint density at radius 1 is 0.776 bits per heavy atom. The molecule has 2 aromatic heterocycles. The molecule has 0 saturated carbocycles. The van der Waals surface area contributed by atoms with Gasteiger partial charge in [0.25, 0.3) is 0 Å². The van der Waals surface area contributed by atoms with E-state index in [4.69, 9.17) is 16.3 Å². The number of fused-ring (bicyclic) bond motifs is 4. The maximum absolute atomic E-state index is 7.85. The van der Waals surface area contributed by atoms with E-state index in [1.54, 1.807) is 6.07 Å². The van der Waals surface area contributed by atoms with Crippen LogP contribution in [-0.2, 0) is 26.5 Å². The van der Waals surface area contributed by atoms with Gasteiger partial charge in [0, 0.05) is 55.7 Å². The van der Waals surface area contributed by atoms with Gasteiger partial charge in [-0.05, 0) is 64.9 Å². The fourth-order valence-electron chi connectivity index (χ4n) is 6.37. The minimum absolute atomic E-state index is 0. The van der Waals surface area contributed by atoms with Gasteiger partial charge in [-0.25, -0.2) is 4.98 Å². The Morgan fingerprint density at radius 3 is 2.37 bits per heavy atom. The fraction of sp³-hybridized carbons (Fsp3) is 0.119. The van der Waals surface area contributed by atoms with E-state index in [1.165, 1.54) is 5.56 Å². The molecular weight excluding hydrogens is 786 g/mol. The van der Waals surface area contributed by atoms with E-state index in [2.05, 4.69) is 114 Å². The minimum Gasteiger partial charge on any atom is -0.510 e. The number of ether oxygens (including phenoxy) is 1. The molecule has 0 radical (unpaired) electrons. The van der Waals surface area contributed by atoms with Crippen molar-refractivity contribution in [2.45, 2.75) is 26.2 Å². The van der Waals surface area contributed by atoms with Gasteiger partial charge in [-0.2, -0.15) is 12.7 Å². The Balaban J connectivity index is 0.00000378. The predicted molar refractivity (Wildman–Crippen MR) is 194 cm³/mol. The number of hydrogen-bond donors (Lipinski definition) is 0. The first kappa shape index (κ1) is 32.2. The zero-order valence-electron chi connectivity index (χ0n) is 27.5. The number of para-hydroxylation sites is 1. The average molecular weight is 818 g/mol. The molecule has 1 aliphatic heterocycles. The molecule has 0 saturated heterocycles. The third-order valence-electron chi connectivity index (χ3n) is 8.83. The molecule has 0 N–H and O–H groups in total. The van der Waals surface area contributed by atoms with Crippen LogP contribution in [0.2, 0.25) is 0 Å². The van der Waals surface area contributed by atoms with Crippen molar-refractivity contribution >= 4 is 44.6 Å². The van der Waals surface area contributed by atoms with Crippen molar-refractivity contribution in [3.63, 3.8) is 0 Å². The van der Waals surface area contributed by atoms with Gasteiger partial charge in [0.05, 0.1) is 12.3 Å². The van der Waals surface area contributed by atoms with E-state index in [9.17, 15) is 0 Å². The molecule has 0 aliphatic carbocycles. The van der Waals surface area contributed by atoms with Crippen molar-refractivity contribution in [3.8, 4) is 28.4 Å². The maximum Gasteiger partial charge on any atom is 0.135 e. The monoisotopic (exact) mass is 817 g/mol. The van der Waals surface area contributed by atoms with Gasteiger partial charge in [-0.1, -0.05) is 80.9 Å². The van der Waals surface area contributed by atoms with Crippen molar-refractivity contribution in [3.05, 3.63) is 151 Å². The summed E-state index contributed by atoms with van der Waals surface area (Å²) < 4.78 is 8.59. The number of anilines is 3. The van der Waals surface area contributed by atoms with E-state index >= 15 is 0 Å². The largest absolute Gasteiger partial charge is 0.510 e. The molecule has 7 aromatic rings. The van der Waals surface area contributed by atoms with Crippen LogP contribution in [0, 0.1) is 25.4 Å². The number of nitrogens with zero attached hydrogens (tertiary/aromatic N) is 5. The first-order valence-electron chi connectivity index (χ1n) is 15.9. The summed E-state index contributed by atoms with van der Waals surface area (Å²) in [5, 5.41) is 2.17. The Kier molecular flexibility index (Phi) is 8.26. The van der Waals surface area contributed by atoms with Gasteiger partial charge >= 0.3 is 0 Å². The van der Waals surface area contributed by atoms with Crippen molar-refractivity contribution < 1.29 is 25.8 Å². The van der Waals surface area contributed by atoms with Crippen LogP contribution in [0.15, 0.2) is 115 Å². The summed E-state index contributed by atoms with van der Waals surface area (Å²) in [6, 6.07) is 43.8. The zero-order valence-corrected chi connectivity index (χ0v) is 29.8. The van der Waals surface area contributed by atoms with E-state index in [0.717, 1.165) is 55.8 Å². The molecule has 7 heteroatoms. The molecule has 1 aliphatic rings. The van der Waals surface area contributed by atoms with Crippen molar-refractivity contribution in [2.75, 3.05) is 16.8 Å². The van der Waals surface area contributed by atoms with Crippen LogP contribution in [0.5, 0.6) is 11.5 Å². The quantitative estimate of drug-likeness (QED) is 0.162. The molecule has 0 fully saturated rings. The molecule has 3 heterocycles. The van der Waals surface area contributed by atoms with Gasteiger partial charge in [-0.3, -0.25) is 4.85 Å². The van der Waals surface area contributed by atoms with Crippen LogP contribution < -0.4 is 14.5 Å². The van der Waals surface area contributed by atoms with Crippen LogP contribution >= 0.6 is 0 Å². The predicted octanol–water partition coefficient (Wildman–Crippen LogP) is 10.8. The zero-order chi connectivity index (χ0) is 33.0. The fourth-order valence-corrected chi connectivity index (χ4v) is 6.37. The number of pyridine rings is 1. The smallest absolute Gasteiger partial charge is 0.135 e. The molecule has 6 nitrogen and oxygen atoms in total. The molecule has 8 rings (SSSR count). The third-order valence-corrected chi connectivity index (χ3v) is 8.83. The second kappa shape index (κ2) is 12.6. The summed E-state index contributed by atoms with van der Waals surface area (Å²) >= 11 is 0. The molecule has 0 amide bonds. The summed E-state index contributed by atoms with van der Waals surface area (Å²) in [5.41, 5.74) is 8.64. The second-order valence-electron chi connectivity index (χ2n) is 13.1. The maximum atomic E-state index is 7.85. The van der Waals surface area contributed by atoms with Crippen LogP contribution in [0.3, 0.4) is 0 Å². The standard InChI is InChI=1S/C42H32N5O.Pt/c1-42(2,3)30-19-20-44-41(22-30)47-37-14-10-9-13-35(37)36-17-16-33(26-39(36)47)48-34-24-31(43-4)23-32(25-34)46-27-45(5)40-21-29(15-18-38(40)46)28-11-7-6-8-12-28;/h6-24,27H,1-3,5H3;/q-3;. The first-order valence-corrected chi connectivity index (χ1v) is 15.9. The van der Waals surface area contributed by atoms with Crippen molar-refractivity contribution in [1.82, 2.24) is 9.55 Å². The first-order chi connectivity index (χ1) is 23.3. The van der Waals surface area contributed by atoms with E-state index in [-0.39, 0.29) is 26.5 Å². The summed E-state index contributed by atoms with van der Waals surface area (Å²) in [7, 11) is 2.03. The molecule has 0 bridgehead atoms. The van der Waals surface area contributed by atoms with Gasteiger partial charge in [-0.15, -0.1) is 41.4 Å². The van der Waals surface area contributed by atoms with Gasteiger partial charge in [0.15, 0.2) is 0 Å². The normalized spacial score (nSPS) is 12.6. The van der Waals surface area contributed by atoms with Crippen molar-refractivity contribution in [1.29, 1.82) is 0 Å². The molecule has 49 heavy (non-hydrogen) atoms. The number of rotatable bonds is 5.